The highest BCUT2D eigenvalue weighted by Gasteiger charge is 2.27. The highest BCUT2D eigenvalue weighted by Crippen LogP contribution is 2.12. The van der Waals surface area contributed by atoms with Gasteiger partial charge in [-0.2, -0.15) is 5.10 Å². The SMILES string of the molecule is CCCC(C)(N)C(=O)Nc1ccn(CCOC)n1.Cl. The molecular weight excluding hydrogens is 268 g/mol. The van der Waals surface area contributed by atoms with Gasteiger partial charge in [-0.1, -0.05) is 13.3 Å². The Morgan fingerprint density at radius 1 is 1.63 bits per heavy atom. The summed E-state index contributed by atoms with van der Waals surface area (Å²) in [6.45, 7) is 4.96. The van der Waals surface area contributed by atoms with Crippen LogP contribution in [0.1, 0.15) is 26.7 Å². The van der Waals surface area contributed by atoms with Crippen LogP contribution in [0.25, 0.3) is 0 Å². The van der Waals surface area contributed by atoms with E-state index in [2.05, 4.69) is 10.4 Å². The molecule has 3 N–H and O–H groups in total. The lowest BCUT2D eigenvalue weighted by Crippen LogP contribution is -2.48. The fourth-order valence-electron chi connectivity index (χ4n) is 1.63. The Balaban J connectivity index is 0.00000324. The molecule has 0 fully saturated rings. The number of nitrogens with one attached hydrogen (secondary N) is 1. The number of hydrogen-bond acceptors (Lipinski definition) is 4. The third kappa shape index (κ3) is 5.59. The van der Waals surface area contributed by atoms with E-state index in [0.717, 1.165) is 6.42 Å². The third-order valence-corrected chi connectivity index (χ3v) is 2.69. The lowest BCUT2D eigenvalue weighted by Gasteiger charge is -2.21. The standard InChI is InChI=1S/C12H22N4O2.ClH/c1-4-6-12(2,13)11(17)14-10-5-7-16(15-10)8-9-18-3;/h5,7H,4,6,8-9,13H2,1-3H3,(H,14,15,17);1H. The molecular formula is C12H23ClN4O2. The number of ether oxygens (including phenoxy) is 1. The van der Waals surface area contributed by atoms with Gasteiger partial charge < -0.3 is 15.8 Å². The van der Waals surface area contributed by atoms with Crippen molar-refractivity contribution in [1.82, 2.24) is 9.78 Å². The van der Waals surface area contributed by atoms with Crippen LogP contribution in [-0.4, -0.2) is 34.9 Å². The first-order chi connectivity index (χ1) is 8.49. The fourth-order valence-corrected chi connectivity index (χ4v) is 1.63. The van der Waals surface area contributed by atoms with E-state index in [9.17, 15) is 4.79 Å². The topological polar surface area (TPSA) is 82.2 Å². The molecule has 1 aromatic rings. The number of carbonyl (C=O) groups excluding carboxylic acids is 1. The summed E-state index contributed by atoms with van der Waals surface area (Å²) in [5.41, 5.74) is 5.08. The van der Waals surface area contributed by atoms with Crippen LogP contribution in [0.2, 0.25) is 0 Å². The summed E-state index contributed by atoms with van der Waals surface area (Å²) in [5, 5.41) is 6.94. The van der Waals surface area contributed by atoms with Gasteiger partial charge in [0, 0.05) is 19.4 Å². The van der Waals surface area contributed by atoms with Crippen molar-refractivity contribution in [3.8, 4) is 0 Å². The van der Waals surface area contributed by atoms with Crippen molar-refractivity contribution in [1.29, 1.82) is 0 Å². The maximum atomic E-state index is 11.9. The Morgan fingerprint density at radius 2 is 2.32 bits per heavy atom. The minimum atomic E-state index is -0.856. The first-order valence-electron chi connectivity index (χ1n) is 6.12. The van der Waals surface area contributed by atoms with Crippen LogP contribution in [0.3, 0.4) is 0 Å². The summed E-state index contributed by atoms with van der Waals surface area (Å²) in [6.07, 6.45) is 3.30. The second-order valence-electron chi connectivity index (χ2n) is 4.58. The fraction of sp³-hybridized carbons (Fsp3) is 0.667. The van der Waals surface area contributed by atoms with Crippen LogP contribution < -0.4 is 11.1 Å². The largest absolute Gasteiger partial charge is 0.383 e. The summed E-state index contributed by atoms with van der Waals surface area (Å²) < 4.78 is 6.67. The van der Waals surface area contributed by atoms with Gasteiger partial charge >= 0.3 is 0 Å². The predicted molar refractivity (Wildman–Crippen MR) is 77.5 cm³/mol. The average Bonchev–Trinajstić information content (AvgIpc) is 2.74. The van der Waals surface area contributed by atoms with Crippen LogP contribution in [0.5, 0.6) is 0 Å². The van der Waals surface area contributed by atoms with Crippen molar-refractivity contribution in [2.45, 2.75) is 38.8 Å². The summed E-state index contributed by atoms with van der Waals surface area (Å²) in [4.78, 5) is 11.9. The normalized spacial score (nSPS) is 13.5. The number of carbonyl (C=O) groups is 1. The lowest BCUT2D eigenvalue weighted by atomic mass is 9.97. The van der Waals surface area contributed by atoms with Gasteiger partial charge in [-0.05, 0) is 13.3 Å². The number of halogens is 1. The molecule has 1 heterocycles. The molecule has 0 saturated heterocycles. The first-order valence-corrected chi connectivity index (χ1v) is 6.12. The van der Waals surface area contributed by atoms with Gasteiger partial charge in [0.25, 0.3) is 0 Å². The molecule has 0 radical (unpaired) electrons. The minimum Gasteiger partial charge on any atom is -0.383 e. The van der Waals surface area contributed by atoms with Crippen molar-refractivity contribution >= 4 is 24.1 Å². The lowest BCUT2D eigenvalue weighted by molar-refractivity contribution is -0.120. The molecule has 0 spiro atoms. The molecule has 0 aromatic carbocycles. The van der Waals surface area contributed by atoms with Gasteiger partial charge in [0.05, 0.1) is 18.7 Å². The zero-order valence-electron chi connectivity index (χ0n) is 11.7. The molecule has 19 heavy (non-hydrogen) atoms. The highest BCUT2D eigenvalue weighted by atomic mass is 35.5. The molecule has 0 bridgehead atoms. The van der Waals surface area contributed by atoms with Crippen molar-refractivity contribution in [2.24, 2.45) is 5.73 Å². The van der Waals surface area contributed by atoms with E-state index in [1.165, 1.54) is 0 Å². The predicted octanol–water partition coefficient (Wildman–Crippen LogP) is 1.41. The second-order valence-corrected chi connectivity index (χ2v) is 4.58. The molecule has 0 aliphatic rings. The smallest absolute Gasteiger partial charge is 0.245 e. The van der Waals surface area contributed by atoms with Gasteiger partial charge in [0.2, 0.25) is 5.91 Å². The van der Waals surface area contributed by atoms with Gasteiger partial charge in [-0.15, -0.1) is 12.4 Å². The number of rotatable bonds is 7. The first kappa shape index (κ1) is 17.9. The van der Waals surface area contributed by atoms with Crippen LogP contribution in [0.15, 0.2) is 12.3 Å². The van der Waals surface area contributed by atoms with Gasteiger partial charge in [0.1, 0.15) is 0 Å². The number of aromatic nitrogens is 2. The average molecular weight is 291 g/mol. The van der Waals surface area contributed by atoms with Crippen LogP contribution in [0, 0.1) is 0 Å². The number of hydrogen-bond donors (Lipinski definition) is 2. The van der Waals surface area contributed by atoms with Gasteiger partial charge in [-0.3, -0.25) is 9.48 Å². The molecule has 1 aromatic heterocycles. The number of anilines is 1. The Kier molecular flexibility index (Phi) is 7.66. The Hall–Kier alpha value is -1.11. The molecule has 0 aliphatic carbocycles. The van der Waals surface area contributed by atoms with E-state index in [0.29, 0.717) is 25.4 Å². The van der Waals surface area contributed by atoms with Crippen LogP contribution >= 0.6 is 12.4 Å². The molecule has 1 atom stereocenters. The van der Waals surface area contributed by atoms with E-state index in [1.54, 1.807) is 31.0 Å². The van der Waals surface area contributed by atoms with E-state index < -0.39 is 5.54 Å². The summed E-state index contributed by atoms with van der Waals surface area (Å²) >= 11 is 0. The van der Waals surface area contributed by atoms with Crippen LogP contribution in [0.4, 0.5) is 5.82 Å². The quantitative estimate of drug-likeness (QED) is 0.795. The van der Waals surface area contributed by atoms with Crippen molar-refractivity contribution in [3.05, 3.63) is 12.3 Å². The third-order valence-electron chi connectivity index (χ3n) is 2.69. The zero-order chi connectivity index (χ0) is 13.6. The van der Waals surface area contributed by atoms with Gasteiger partial charge in [0.15, 0.2) is 5.82 Å². The Labute approximate surface area is 120 Å². The van der Waals surface area contributed by atoms with E-state index in [-0.39, 0.29) is 18.3 Å². The molecule has 0 saturated carbocycles. The monoisotopic (exact) mass is 290 g/mol. The molecule has 1 amide bonds. The molecule has 0 aliphatic heterocycles. The molecule has 6 nitrogen and oxygen atoms in total. The number of nitrogens with two attached hydrogens (primary N) is 1. The highest BCUT2D eigenvalue weighted by molar-refractivity contribution is 5.96. The van der Waals surface area contributed by atoms with Gasteiger partial charge in [-0.25, -0.2) is 0 Å². The Morgan fingerprint density at radius 3 is 2.89 bits per heavy atom. The molecule has 110 valence electrons. The zero-order valence-corrected chi connectivity index (χ0v) is 12.5. The Bertz CT molecular complexity index is 393. The molecule has 1 unspecified atom stereocenters. The maximum absolute atomic E-state index is 11.9. The maximum Gasteiger partial charge on any atom is 0.245 e. The number of amides is 1. The minimum absolute atomic E-state index is 0. The molecule has 1 rings (SSSR count). The summed E-state index contributed by atoms with van der Waals surface area (Å²) in [5.74, 6) is 0.310. The van der Waals surface area contributed by atoms with Crippen LogP contribution in [-0.2, 0) is 16.1 Å². The summed E-state index contributed by atoms with van der Waals surface area (Å²) in [6, 6.07) is 1.75. The van der Waals surface area contributed by atoms with Crippen molar-refractivity contribution in [3.63, 3.8) is 0 Å². The van der Waals surface area contributed by atoms with Crippen molar-refractivity contribution < 1.29 is 9.53 Å². The van der Waals surface area contributed by atoms with E-state index in [1.807, 2.05) is 6.92 Å². The summed E-state index contributed by atoms with van der Waals surface area (Å²) in [7, 11) is 1.64. The number of nitrogens with zero attached hydrogens (tertiary/aromatic N) is 2. The number of methoxy groups -OCH3 is 1. The second kappa shape index (κ2) is 8.14. The van der Waals surface area contributed by atoms with E-state index >= 15 is 0 Å². The van der Waals surface area contributed by atoms with Crippen molar-refractivity contribution in [2.75, 3.05) is 19.0 Å². The molecule has 7 heteroatoms. The van der Waals surface area contributed by atoms with E-state index in [4.69, 9.17) is 10.5 Å².